The molecule has 2 unspecified atom stereocenters. The number of nitrogens with two attached hydrogens (primary N) is 1. The van der Waals surface area contributed by atoms with E-state index in [-0.39, 0.29) is 6.04 Å². The van der Waals surface area contributed by atoms with Crippen LogP contribution in [0.15, 0.2) is 24.3 Å². The van der Waals surface area contributed by atoms with E-state index in [0.29, 0.717) is 6.04 Å². The molecule has 0 bridgehead atoms. The van der Waals surface area contributed by atoms with Gasteiger partial charge in [0, 0.05) is 25.2 Å². The number of hydrogen-bond acceptors (Lipinski definition) is 3. The summed E-state index contributed by atoms with van der Waals surface area (Å²) in [6.45, 7) is 12.8. The van der Waals surface area contributed by atoms with E-state index in [2.05, 4.69) is 55.3 Å². The second kappa shape index (κ2) is 9.11. The Morgan fingerprint density at radius 2 is 1.60 bits per heavy atom. The van der Waals surface area contributed by atoms with Crippen molar-refractivity contribution in [1.82, 2.24) is 10.2 Å². The molecule has 1 rings (SSSR count). The summed E-state index contributed by atoms with van der Waals surface area (Å²) in [5, 5.41) is 3.46. The predicted molar refractivity (Wildman–Crippen MR) is 87.9 cm³/mol. The van der Waals surface area contributed by atoms with Crippen molar-refractivity contribution in [1.29, 1.82) is 0 Å². The molecule has 0 aliphatic heterocycles. The van der Waals surface area contributed by atoms with Crippen LogP contribution in [0.4, 0.5) is 0 Å². The maximum atomic E-state index is 5.76. The second-order valence-corrected chi connectivity index (χ2v) is 5.77. The van der Waals surface area contributed by atoms with Gasteiger partial charge in [0.25, 0.3) is 0 Å². The number of rotatable bonds is 9. The van der Waals surface area contributed by atoms with E-state index >= 15 is 0 Å². The first kappa shape index (κ1) is 17.2. The monoisotopic (exact) mass is 277 g/mol. The van der Waals surface area contributed by atoms with Gasteiger partial charge >= 0.3 is 0 Å². The lowest BCUT2D eigenvalue weighted by molar-refractivity contribution is 0.296. The van der Waals surface area contributed by atoms with E-state index < -0.39 is 0 Å². The van der Waals surface area contributed by atoms with Crippen LogP contribution in [0.3, 0.4) is 0 Å². The normalized spacial score (nSPS) is 14.5. The molecule has 0 heterocycles. The van der Waals surface area contributed by atoms with Crippen LogP contribution in [0.25, 0.3) is 0 Å². The molecule has 0 spiro atoms. The van der Waals surface area contributed by atoms with E-state index in [1.54, 1.807) is 0 Å². The van der Waals surface area contributed by atoms with Gasteiger partial charge in [-0.2, -0.15) is 0 Å². The van der Waals surface area contributed by atoms with Crippen LogP contribution in [-0.4, -0.2) is 36.6 Å². The molecule has 0 saturated heterocycles. The number of nitrogens with zero attached hydrogens (tertiary/aromatic N) is 1. The van der Waals surface area contributed by atoms with Crippen LogP contribution in [0.2, 0.25) is 0 Å². The molecule has 2 atom stereocenters. The van der Waals surface area contributed by atoms with Gasteiger partial charge < -0.3 is 11.1 Å². The van der Waals surface area contributed by atoms with Crippen molar-refractivity contribution in [3.05, 3.63) is 35.4 Å². The highest BCUT2D eigenvalue weighted by Gasteiger charge is 2.05. The van der Waals surface area contributed by atoms with Crippen LogP contribution in [0, 0.1) is 0 Å². The van der Waals surface area contributed by atoms with Crippen molar-refractivity contribution in [3.8, 4) is 0 Å². The molecule has 0 radical (unpaired) electrons. The maximum absolute atomic E-state index is 5.76. The molecule has 114 valence electrons. The minimum absolute atomic E-state index is 0.217. The van der Waals surface area contributed by atoms with E-state index in [1.165, 1.54) is 11.1 Å². The Kier molecular flexibility index (Phi) is 7.82. The number of benzene rings is 1. The lowest BCUT2D eigenvalue weighted by atomic mass is 10.0. The Hall–Kier alpha value is -0.900. The van der Waals surface area contributed by atoms with E-state index in [0.717, 1.165) is 32.6 Å². The Bertz CT molecular complexity index is 355. The summed E-state index contributed by atoms with van der Waals surface area (Å²) >= 11 is 0. The lowest BCUT2D eigenvalue weighted by Gasteiger charge is -2.19. The first-order valence-corrected chi connectivity index (χ1v) is 7.84. The van der Waals surface area contributed by atoms with Crippen LogP contribution in [0.1, 0.15) is 38.8 Å². The molecule has 0 aliphatic rings. The molecule has 0 fully saturated rings. The molecule has 0 aromatic heterocycles. The topological polar surface area (TPSA) is 41.3 Å². The molecule has 0 saturated carbocycles. The van der Waals surface area contributed by atoms with Crippen molar-refractivity contribution in [2.45, 2.75) is 52.7 Å². The largest absolute Gasteiger partial charge is 0.327 e. The fourth-order valence-corrected chi connectivity index (χ4v) is 2.30. The van der Waals surface area contributed by atoms with Gasteiger partial charge in [0.2, 0.25) is 0 Å². The van der Waals surface area contributed by atoms with E-state index in [9.17, 15) is 0 Å². The Morgan fingerprint density at radius 3 is 2.10 bits per heavy atom. The zero-order valence-corrected chi connectivity index (χ0v) is 13.5. The van der Waals surface area contributed by atoms with Gasteiger partial charge in [0.05, 0.1) is 0 Å². The minimum atomic E-state index is 0.217. The highest BCUT2D eigenvalue weighted by molar-refractivity contribution is 5.23. The summed E-state index contributed by atoms with van der Waals surface area (Å²) in [6.07, 6.45) is 1.05. The molecule has 0 aliphatic carbocycles. The molecule has 20 heavy (non-hydrogen) atoms. The molecule has 3 N–H and O–H groups in total. The van der Waals surface area contributed by atoms with Crippen molar-refractivity contribution in [2.75, 3.05) is 19.6 Å². The van der Waals surface area contributed by atoms with E-state index in [4.69, 9.17) is 5.73 Å². The lowest BCUT2D eigenvalue weighted by Crippen LogP contribution is -2.37. The molecular weight excluding hydrogens is 246 g/mol. The summed E-state index contributed by atoms with van der Waals surface area (Å²) < 4.78 is 0. The summed E-state index contributed by atoms with van der Waals surface area (Å²) in [5.74, 6) is 0. The molecule has 1 aromatic rings. The standard InChI is InChI=1S/C17H31N3/c1-5-20(6-2)13-17-9-7-16(8-10-17)11-15(4)19-12-14(3)18/h7-10,14-15,19H,5-6,11-13,18H2,1-4H3. The van der Waals surface area contributed by atoms with Gasteiger partial charge in [-0.3, -0.25) is 4.90 Å². The first-order chi connectivity index (χ1) is 9.55. The summed E-state index contributed by atoms with van der Waals surface area (Å²) in [5.41, 5.74) is 8.54. The average Bonchev–Trinajstić information content (AvgIpc) is 2.44. The minimum Gasteiger partial charge on any atom is -0.327 e. The van der Waals surface area contributed by atoms with Crippen LogP contribution in [0.5, 0.6) is 0 Å². The average molecular weight is 277 g/mol. The summed E-state index contributed by atoms with van der Waals surface area (Å²) in [6, 6.07) is 9.70. The van der Waals surface area contributed by atoms with Crippen molar-refractivity contribution in [3.63, 3.8) is 0 Å². The van der Waals surface area contributed by atoms with Crippen molar-refractivity contribution in [2.24, 2.45) is 5.73 Å². The zero-order valence-electron chi connectivity index (χ0n) is 13.5. The third-order valence-corrected chi connectivity index (χ3v) is 3.65. The fraction of sp³-hybridized carbons (Fsp3) is 0.647. The zero-order chi connectivity index (χ0) is 15.0. The predicted octanol–water partition coefficient (Wildman–Crippen LogP) is 2.40. The highest BCUT2D eigenvalue weighted by atomic mass is 15.1. The molecule has 3 nitrogen and oxygen atoms in total. The molecular formula is C17H31N3. The smallest absolute Gasteiger partial charge is 0.0233 e. The summed E-state index contributed by atoms with van der Waals surface area (Å²) in [4.78, 5) is 2.43. The number of nitrogens with one attached hydrogen (secondary N) is 1. The quantitative estimate of drug-likeness (QED) is 0.728. The van der Waals surface area contributed by atoms with Crippen molar-refractivity contribution >= 4 is 0 Å². The van der Waals surface area contributed by atoms with E-state index in [1.807, 2.05) is 6.92 Å². The van der Waals surface area contributed by atoms with Gasteiger partial charge in [-0.25, -0.2) is 0 Å². The molecule has 3 heteroatoms. The van der Waals surface area contributed by atoms with Gasteiger partial charge in [-0.05, 0) is 44.5 Å². The first-order valence-electron chi connectivity index (χ1n) is 7.84. The van der Waals surface area contributed by atoms with Gasteiger partial charge in [-0.15, -0.1) is 0 Å². The van der Waals surface area contributed by atoms with Crippen LogP contribution < -0.4 is 11.1 Å². The molecule has 0 amide bonds. The Balaban J connectivity index is 2.45. The highest BCUT2D eigenvalue weighted by Crippen LogP contribution is 2.09. The van der Waals surface area contributed by atoms with Crippen LogP contribution >= 0.6 is 0 Å². The van der Waals surface area contributed by atoms with Crippen molar-refractivity contribution < 1.29 is 0 Å². The molecule has 1 aromatic carbocycles. The SMILES string of the molecule is CCN(CC)Cc1ccc(CC(C)NCC(C)N)cc1. The van der Waals surface area contributed by atoms with Gasteiger partial charge in [0.1, 0.15) is 0 Å². The fourth-order valence-electron chi connectivity index (χ4n) is 2.30. The third kappa shape index (κ3) is 6.51. The van der Waals surface area contributed by atoms with Gasteiger partial charge in [0.15, 0.2) is 0 Å². The Labute approximate surface area is 124 Å². The number of hydrogen-bond donors (Lipinski definition) is 2. The Morgan fingerprint density at radius 1 is 1.05 bits per heavy atom. The third-order valence-electron chi connectivity index (χ3n) is 3.65. The summed E-state index contributed by atoms with van der Waals surface area (Å²) in [7, 11) is 0. The van der Waals surface area contributed by atoms with Gasteiger partial charge in [-0.1, -0.05) is 38.1 Å². The van der Waals surface area contributed by atoms with Crippen LogP contribution in [-0.2, 0) is 13.0 Å². The maximum Gasteiger partial charge on any atom is 0.0233 e. The second-order valence-electron chi connectivity index (χ2n) is 5.77.